The van der Waals surface area contributed by atoms with E-state index < -0.39 is 0 Å². The maximum Gasteiger partial charge on any atom is 0.124 e. The lowest BCUT2D eigenvalue weighted by Crippen LogP contribution is -2.26. The summed E-state index contributed by atoms with van der Waals surface area (Å²) < 4.78 is 0. The highest BCUT2D eigenvalue weighted by molar-refractivity contribution is 5.52. The van der Waals surface area contributed by atoms with Crippen LogP contribution in [0.5, 0.6) is 0 Å². The zero-order valence-corrected chi connectivity index (χ0v) is 6.52. The van der Waals surface area contributed by atoms with Gasteiger partial charge in [-0.1, -0.05) is 12.0 Å². The Morgan fingerprint density at radius 2 is 2.33 bits per heavy atom. The van der Waals surface area contributed by atoms with Gasteiger partial charge in [0.15, 0.2) is 0 Å². The second-order valence-corrected chi connectivity index (χ2v) is 2.71. The van der Waals surface area contributed by atoms with Gasteiger partial charge in [0, 0.05) is 17.6 Å². The maximum atomic E-state index is 5.66. The number of fused-ring (bicyclic) bond motifs is 1. The first-order valence-electron chi connectivity index (χ1n) is 3.71. The van der Waals surface area contributed by atoms with Crippen LogP contribution < -0.4 is 16.6 Å². The number of terminal acetylenes is 1. The molecule has 0 radical (unpaired) electrons. The van der Waals surface area contributed by atoms with Crippen molar-refractivity contribution in [3.05, 3.63) is 34.8 Å². The lowest BCUT2D eigenvalue weighted by molar-refractivity contribution is 0.738. The lowest BCUT2D eigenvalue weighted by Gasteiger charge is -2.07. The third kappa shape index (κ3) is 0.857. The van der Waals surface area contributed by atoms with Crippen molar-refractivity contribution >= 4 is 0 Å². The van der Waals surface area contributed by atoms with Gasteiger partial charge in [-0.25, -0.2) is 0 Å². The number of rotatable bonds is 0. The van der Waals surface area contributed by atoms with E-state index in [4.69, 9.17) is 12.2 Å². The quantitative estimate of drug-likeness (QED) is 0.440. The smallest absolute Gasteiger partial charge is 0.124 e. The first kappa shape index (κ1) is 6.86. The molecule has 0 bridgehead atoms. The van der Waals surface area contributed by atoms with Crippen molar-refractivity contribution in [3.63, 3.8) is 0 Å². The van der Waals surface area contributed by atoms with Gasteiger partial charge < -0.3 is 5.73 Å². The second kappa shape index (κ2) is 2.35. The number of hydrazine groups is 1. The molecule has 0 spiro atoms. The predicted molar refractivity (Wildman–Crippen MR) is 47.1 cm³/mol. The summed E-state index contributed by atoms with van der Waals surface area (Å²) in [5.74, 6) is 3.24. The van der Waals surface area contributed by atoms with E-state index in [2.05, 4.69) is 16.8 Å². The van der Waals surface area contributed by atoms with E-state index in [0.717, 1.165) is 23.3 Å². The Hall–Kier alpha value is -1.82. The van der Waals surface area contributed by atoms with Gasteiger partial charge in [0.25, 0.3) is 0 Å². The van der Waals surface area contributed by atoms with Crippen molar-refractivity contribution in [1.82, 2.24) is 10.9 Å². The molecule has 1 aliphatic heterocycles. The van der Waals surface area contributed by atoms with Crippen molar-refractivity contribution in [2.45, 2.75) is 6.42 Å². The van der Waals surface area contributed by atoms with Crippen LogP contribution in [0.3, 0.4) is 0 Å². The fraction of sp³-hybridized carbons (Fsp3) is 0.111. The summed E-state index contributed by atoms with van der Waals surface area (Å²) in [4.78, 5) is 0. The van der Waals surface area contributed by atoms with E-state index in [1.807, 2.05) is 12.2 Å². The summed E-state index contributed by atoms with van der Waals surface area (Å²) in [5, 5.41) is 0. The molecule has 1 aliphatic carbocycles. The van der Waals surface area contributed by atoms with Gasteiger partial charge in [0.1, 0.15) is 5.82 Å². The van der Waals surface area contributed by atoms with Crippen LogP contribution in [-0.2, 0) is 0 Å². The van der Waals surface area contributed by atoms with Gasteiger partial charge in [-0.3, -0.25) is 10.9 Å². The SMILES string of the molecule is C#CC1=CC2=C(N)NNC2=CC1. The summed E-state index contributed by atoms with van der Waals surface area (Å²) in [5.41, 5.74) is 14.4. The van der Waals surface area contributed by atoms with Gasteiger partial charge in [0.05, 0.1) is 5.70 Å². The number of hydrogen-bond acceptors (Lipinski definition) is 3. The highest BCUT2D eigenvalue weighted by atomic mass is 15.4. The minimum absolute atomic E-state index is 0.633. The van der Waals surface area contributed by atoms with Gasteiger partial charge in [-0.2, -0.15) is 0 Å². The largest absolute Gasteiger partial charge is 0.384 e. The number of nitrogens with one attached hydrogen (secondary N) is 2. The molecule has 3 nitrogen and oxygen atoms in total. The third-order valence-corrected chi connectivity index (χ3v) is 1.94. The second-order valence-electron chi connectivity index (χ2n) is 2.71. The molecule has 4 N–H and O–H groups in total. The number of allylic oxidation sites excluding steroid dienone is 3. The molecule has 60 valence electrons. The summed E-state index contributed by atoms with van der Waals surface area (Å²) in [7, 11) is 0. The zero-order chi connectivity index (χ0) is 8.55. The normalized spacial score (nSPS) is 19.9. The Morgan fingerprint density at radius 3 is 3.08 bits per heavy atom. The zero-order valence-electron chi connectivity index (χ0n) is 6.52. The van der Waals surface area contributed by atoms with Gasteiger partial charge >= 0.3 is 0 Å². The van der Waals surface area contributed by atoms with Gasteiger partial charge in [-0.05, 0) is 6.08 Å². The molecular weight excluding hydrogens is 150 g/mol. The Bertz CT molecular complexity index is 352. The van der Waals surface area contributed by atoms with E-state index >= 15 is 0 Å². The average Bonchev–Trinajstić information content (AvgIpc) is 2.47. The van der Waals surface area contributed by atoms with Crippen LogP contribution in [0.1, 0.15) is 6.42 Å². The molecule has 2 aliphatic rings. The molecule has 0 saturated heterocycles. The molecule has 0 saturated carbocycles. The van der Waals surface area contributed by atoms with Crippen molar-refractivity contribution in [1.29, 1.82) is 0 Å². The minimum Gasteiger partial charge on any atom is -0.384 e. The molecule has 0 aromatic heterocycles. The first-order valence-corrected chi connectivity index (χ1v) is 3.71. The highest BCUT2D eigenvalue weighted by Crippen LogP contribution is 2.23. The molecule has 3 heteroatoms. The predicted octanol–water partition coefficient (Wildman–Crippen LogP) is 0.112. The number of nitrogens with two attached hydrogens (primary N) is 1. The van der Waals surface area contributed by atoms with E-state index in [1.165, 1.54) is 0 Å². The summed E-state index contributed by atoms with van der Waals surface area (Å²) in [6, 6.07) is 0. The topological polar surface area (TPSA) is 50.1 Å². The van der Waals surface area contributed by atoms with Crippen LogP contribution in [-0.4, -0.2) is 0 Å². The molecule has 0 amide bonds. The molecule has 1 heterocycles. The summed E-state index contributed by atoms with van der Waals surface area (Å²) in [6.07, 6.45) is 10.0. The van der Waals surface area contributed by atoms with Crippen molar-refractivity contribution in [2.75, 3.05) is 0 Å². The van der Waals surface area contributed by atoms with E-state index in [-0.39, 0.29) is 0 Å². The molecule has 0 atom stereocenters. The van der Waals surface area contributed by atoms with Crippen LogP contribution in [0, 0.1) is 12.3 Å². The molecule has 2 rings (SSSR count). The molecule has 12 heavy (non-hydrogen) atoms. The van der Waals surface area contributed by atoms with Crippen molar-refractivity contribution < 1.29 is 0 Å². The third-order valence-electron chi connectivity index (χ3n) is 1.94. The van der Waals surface area contributed by atoms with Crippen LogP contribution in [0.2, 0.25) is 0 Å². The standard InChI is InChI=1S/C9H9N3/c1-2-6-3-4-8-7(5-6)9(10)12-11-8/h1,4-5,11-12H,3,10H2. The Morgan fingerprint density at radius 1 is 1.50 bits per heavy atom. The lowest BCUT2D eigenvalue weighted by atomic mass is 10.0. The van der Waals surface area contributed by atoms with Crippen molar-refractivity contribution in [2.24, 2.45) is 5.73 Å². The first-order chi connectivity index (χ1) is 5.81. The molecule has 0 fully saturated rings. The van der Waals surface area contributed by atoms with Crippen LogP contribution in [0.4, 0.5) is 0 Å². The van der Waals surface area contributed by atoms with E-state index in [0.29, 0.717) is 5.82 Å². The molecule has 0 unspecified atom stereocenters. The van der Waals surface area contributed by atoms with E-state index in [1.54, 1.807) is 0 Å². The summed E-state index contributed by atoms with van der Waals surface area (Å²) >= 11 is 0. The molecular formula is C9H9N3. The summed E-state index contributed by atoms with van der Waals surface area (Å²) in [6.45, 7) is 0. The van der Waals surface area contributed by atoms with Crippen LogP contribution >= 0.6 is 0 Å². The van der Waals surface area contributed by atoms with E-state index in [9.17, 15) is 0 Å². The van der Waals surface area contributed by atoms with Gasteiger partial charge in [0.2, 0.25) is 0 Å². The molecule has 0 aromatic carbocycles. The highest BCUT2D eigenvalue weighted by Gasteiger charge is 2.17. The fourth-order valence-corrected chi connectivity index (χ4v) is 1.28. The molecule has 0 aromatic rings. The van der Waals surface area contributed by atoms with Crippen LogP contribution in [0.25, 0.3) is 0 Å². The Labute approximate surface area is 71.0 Å². The fourth-order valence-electron chi connectivity index (χ4n) is 1.28. The van der Waals surface area contributed by atoms with Gasteiger partial charge in [-0.15, -0.1) is 6.42 Å². The maximum absolute atomic E-state index is 5.66. The van der Waals surface area contributed by atoms with Crippen LogP contribution in [0.15, 0.2) is 34.8 Å². The number of hydrogen-bond donors (Lipinski definition) is 3. The minimum atomic E-state index is 0.633. The Balaban J connectivity index is 2.43. The Kier molecular flexibility index (Phi) is 1.34. The monoisotopic (exact) mass is 159 g/mol. The van der Waals surface area contributed by atoms with Crippen molar-refractivity contribution in [3.8, 4) is 12.3 Å². The average molecular weight is 159 g/mol.